The zero-order valence-corrected chi connectivity index (χ0v) is 8.21. The lowest BCUT2D eigenvalue weighted by Crippen LogP contribution is -2.34. The fourth-order valence-corrected chi connectivity index (χ4v) is 1.86. The van der Waals surface area contributed by atoms with Crippen molar-refractivity contribution in [3.63, 3.8) is 0 Å². The third kappa shape index (κ3) is 1.23. The molecule has 2 atom stereocenters. The zero-order chi connectivity index (χ0) is 9.19. The molecule has 2 unspecified atom stereocenters. The van der Waals surface area contributed by atoms with Gasteiger partial charge >= 0.3 is 0 Å². The van der Waals surface area contributed by atoms with Gasteiger partial charge in [0.15, 0.2) is 5.78 Å². The molecule has 0 aromatic heterocycles. The van der Waals surface area contributed by atoms with Gasteiger partial charge in [-0.05, 0) is 6.92 Å². The SMILES string of the molecule is CC(=O)C1(C#N)C=CC=CC1Br. The lowest BCUT2D eigenvalue weighted by atomic mass is 9.80. The third-order valence-electron chi connectivity index (χ3n) is 1.95. The number of rotatable bonds is 1. The summed E-state index contributed by atoms with van der Waals surface area (Å²) in [7, 11) is 0. The van der Waals surface area contributed by atoms with Gasteiger partial charge in [-0.1, -0.05) is 40.2 Å². The van der Waals surface area contributed by atoms with Gasteiger partial charge < -0.3 is 0 Å². The Morgan fingerprint density at radius 2 is 2.33 bits per heavy atom. The standard InChI is InChI=1S/C9H8BrNO/c1-7(12)9(6-11)5-3-2-4-8(9)10/h2-5,8H,1H3. The molecule has 0 heterocycles. The van der Waals surface area contributed by atoms with E-state index in [0.29, 0.717) is 0 Å². The quantitative estimate of drug-likeness (QED) is 0.641. The van der Waals surface area contributed by atoms with E-state index in [2.05, 4.69) is 15.9 Å². The van der Waals surface area contributed by atoms with Crippen molar-refractivity contribution in [3.8, 4) is 6.07 Å². The average Bonchev–Trinajstić information content (AvgIpc) is 2.05. The molecular formula is C9H8BrNO. The minimum absolute atomic E-state index is 0.132. The predicted octanol–water partition coefficient (Wildman–Crippen LogP) is 1.97. The van der Waals surface area contributed by atoms with Gasteiger partial charge in [0.1, 0.15) is 5.41 Å². The van der Waals surface area contributed by atoms with Crippen LogP contribution < -0.4 is 0 Å². The van der Waals surface area contributed by atoms with Crippen molar-refractivity contribution in [3.05, 3.63) is 24.3 Å². The van der Waals surface area contributed by atoms with Crippen molar-refractivity contribution < 1.29 is 4.79 Å². The van der Waals surface area contributed by atoms with Gasteiger partial charge in [0.25, 0.3) is 0 Å². The second-order valence-corrected chi connectivity index (χ2v) is 3.67. The minimum atomic E-state index is -1.01. The molecule has 0 bridgehead atoms. The van der Waals surface area contributed by atoms with Crippen LogP contribution in [0.4, 0.5) is 0 Å². The lowest BCUT2D eigenvalue weighted by Gasteiger charge is -2.25. The number of carbonyl (C=O) groups excluding carboxylic acids is 1. The number of hydrogen-bond acceptors (Lipinski definition) is 2. The second kappa shape index (κ2) is 3.24. The van der Waals surface area contributed by atoms with Crippen LogP contribution in [0.2, 0.25) is 0 Å². The molecule has 0 amide bonds. The van der Waals surface area contributed by atoms with E-state index in [1.807, 2.05) is 12.1 Å². The Hall–Kier alpha value is -0.880. The molecule has 2 nitrogen and oxygen atoms in total. The van der Waals surface area contributed by atoms with Crippen LogP contribution in [0.5, 0.6) is 0 Å². The third-order valence-corrected chi connectivity index (χ3v) is 2.98. The fraction of sp³-hybridized carbons (Fsp3) is 0.333. The number of carbonyl (C=O) groups is 1. The summed E-state index contributed by atoms with van der Waals surface area (Å²) >= 11 is 3.29. The monoisotopic (exact) mass is 225 g/mol. The van der Waals surface area contributed by atoms with Crippen LogP contribution in [0.1, 0.15) is 6.92 Å². The molecule has 0 spiro atoms. The average molecular weight is 226 g/mol. The summed E-state index contributed by atoms with van der Waals surface area (Å²) in [6, 6.07) is 2.03. The van der Waals surface area contributed by atoms with Crippen LogP contribution >= 0.6 is 15.9 Å². The van der Waals surface area contributed by atoms with Crippen LogP contribution in [-0.2, 0) is 4.79 Å². The number of hydrogen-bond donors (Lipinski definition) is 0. The highest BCUT2D eigenvalue weighted by Gasteiger charge is 2.39. The smallest absolute Gasteiger partial charge is 0.155 e. The fourth-order valence-electron chi connectivity index (χ4n) is 1.10. The van der Waals surface area contributed by atoms with Crippen molar-refractivity contribution in [2.75, 3.05) is 0 Å². The first-order chi connectivity index (χ1) is 5.63. The molecule has 0 aliphatic heterocycles. The molecule has 3 heteroatoms. The maximum Gasteiger partial charge on any atom is 0.155 e. The highest BCUT2D eigenvalue weighted by molar-refractivity contribution is 9.09. The van der Waals surface area contributed by atoms with Crippen LogP contribution in [0, 0.1) is 16.7 Å². The molecule has 0 saturated heterocycles. The number of halogens is 1. The summed E-state index contributed by atoms with van der Waals surface area (Å²) in [5, 5.41) is 8.90. The maximum atomic E-state index is 11.2. The number of allylic oxidation sites excluding steroid dienone is 4. The first-order valence-electron chi connectivity index (χ1n) is 3.56. The van der Waals surface area contributed by atoms with Gasteiger partial charge in [-0.15, -0.1) is 0 Å². The van der Waals surface area contributed by atoms with E-state index in [1.54, 1.807) is 18.2 Å². The summed E-state index contributed by atoms with van der Waals surface area (Å²) in [5.41, 5.74) is -1.01. The van der Waals surface area contributed by atoms with Gasteiger partial charge in [0, 0.05) is 0 Å². The molecule has 12 heavy (non-hydrogen) atoms. The lowest BCUT2D eigenvalue weighted by molar-refractivity contribution is -0.121. The Kier molecular flexibility index (Phi) is 2.49. The number of nitrogens with zero attached hydrogens (tertiary/aromatic N) is 1. The van der Waals surface area contributed by atoms with Crippen molar-refractivity contribution in [1.29, 1.82) is 5.26 Å². The van der Waals surface area contributed by atoms with Crippen LogP contribution in [0.15, 0.2) is 24.3 Å². The van der Waals surface area contributed by atoms with E-state index in [1.165, 1.54) is 6.92 Å². The van der Waals surface area contributed by atoms with Crippen LogP contribution in [0.3, 0.4) is 0 Å². The number of Topliss-reactive ketones (excluding diaryl/α,β-unsaturated/α-hetero) is 1. The number of alkyl halides is 1. The van der Waals surface area contributed by atoms with E-state index in [4.69, 9.17) is 5.26 Å². The first-order valence-corrected chi connectivity index (χ1v) is 4.47. The molecule has 1 aliphatic carbocycles. The van der Waals surface area contributed by atoms with E-state index >= 15 is 0 Å². The minimum Gasteiger partial charge on any atom is -0.298 e. The molecule has 62 valence electrons. The highest BCUT2D eigenvalue weighted by atomic mass is 79.9. The topological polar surface area (TPSA) is 40.9 Å². The maximum absolute atomic E-state index is 11.2. The van der Waals surface area contributed by atoms with Crippen molar-refractivity contribution in [2.45, 2.75) is 11.8 Å². The van der Waals surface area contributed by atoms with Crippen LogP contribution in [0.25, 0.3) is 0 Å². The molecule has 1 rings (SSSR count). The zero-order valence-electron chi connectivity index (χ0n) is 6.62. The van der Waals surface area contributed by atoms with E-state index in [9.17, 15) is 4.79 Å². The van der Waals surface area contributed by atoms with Gasteiger partial charge in [0.2, 0.25) is 0 Å². The summed E-state index contributed by atoms with van der Waals surface area (Å²) in [4.78, 5) is 11.0. The van der Waals surface area contributed by atoms with Crippen molar-refractivity contribution in [1.82, 2.24) is 0 Å². The Balaban J connectivity index is 3.11. The normalized spacial score (nSPS) is 32.9. The summed E-state index contributed by atoms with van der Waals surface area (Å²) in [6.45, 7) is 1.43. The molecule has 1 aliphatic rings. The molecule has 0 radical (unpaired) electrons. The van der Waals surface area contributed by atoms with E-state index < -0.39 is 5.41 Å². The number of nitriles is 1. The highest BCUT2D eigenvalue weighted by Crippen LogP contribution is 2.33. The van der Waals surface area contributed by atoms with Crippen LogP contribution in [-0.4, -0.2) is 10.6 Å². The summed E-state index contributed by atoms with van der Waals surface area (Å²) in [6.07, 6.45) is 6.97. The number of ketones is 1. The predicted molar refractivity (Wildman–Crippen MR) is 49.7 cm³/mol. The molecule has 0 aromatic carbocycles. The molecule has 0 fully saturated rings. The van der Waals surface area contributed by atoms with E-state index in [-0.39, 0.29) is 10.6 Å². The Morgan fingerprint density at radius 1 is 1.67 bits per heavy atom. The first kappa shape index (κ1) is 9.21. The summed E-state index contributed by atoms with van der Waals surface area (Å²) in [5.74, 6) is -0.132. The summed E-state index contributed by atoms with van der Waals surface area (Å²) < 4.78 is 0. The molecular weight excluding hydrogens is 218 g/mol. The Labute approximate surface area is 79.7 Å². The van der Waals surface area contributed by atoms with Crippen molar-refractivity contribution in [2.24, 2.45) is 5.41 Å². The van der Waals surface area contributed by atoms with Gasteiger partial charge in [0.05, 0.1) is 10.9 Å². The van der Waals surface area contributed by atoms with E-state index in [0.717, 1.165) is 0 Å². The Morgan fingerprint density at radius 3 is 2.67 bits per heavy atom. The Bertz CT molecular complexity index is 300. The molecule has 0 N–H and O–H groups in total. The van der Waals surface area contributed by atoms with Gasteiger partial charge in [-0.25, -0.2) is 0 Å². The molecule has 0 aromatic rings. The molecule has 0 saturated carbocycles. The van der Waals surface area contributed by atoms with Crippen molar-refractivity contribution >= 4 is 21.7 Å². The largest absolute Gasteiger partial charge is 0.298 e. The van der Waals surface area contributed by atoms with Gasteiger partial charge in [-0.3, -0.25) is 4.79 Å². The van der Waals surface area contributed by atoms with Gasteiger partial charge in [-0.2, -0.15) is 5.26 Å². The second-order valence-electron chi connectivity index (χ2n) is 2.68.